The second-order valence-corrected chi connectivity index (χ2v) is 4.19. The molecule has 2 rings (SSSR count). The first-order chi connectivity index (χ1) is 9.26. The Bertz CT molecular complexity index is 528. The Labute approximate surface area is 146 Å². The van der Waals surface area contributed by atoms with Crippen molar-refractivity contribution in [3.8, 4) is 5.75 Å². The summed E-state index contributed by atoms with van der Waals surface area (Å²) in [4.78, 5) is 2.14. The summed E-state index contributed by atoms with van der Waals surface area (Å²) < 4.78 is 5.48. The predicted molar refractivity (Wildman–Crippen MR) is 79.4 cm³/mol. The van der Waals surface area contributed by atoms with E-state index in [2.05, 4.69) is 31.1 Å². The first-order valence-corrected chi connectivity index (χ1v) is 6.37. The molecule has 0 spiro atoms. The second-order valence-electron chi connectivity index (χ2n) is 4.19. The topological polar surface area (TPSA) is 12.5 Å². The molecule has 1 aromatic rings. The molecule has 0 aromatic heterocycles. The normalized spacial score (nSPS) is 13.6. The Kier molecular flexibility index (Phi) is 6.97. The summed E-state index contributed by atoms with van der Waals surface area (Å²) >= 11 is 0. The van der Waals surface area contributed by atoms with Crippen molar-refractivity contribution in [2.75, 3.05) is 13.2 Å². The van der Waals surface area contributed by atoms with Crippen LogP contribution in [0, 0.1) is 6.08 Å². The fourth-order valence-electron chi connectivity index (χ4n) is 1.99. The molecule has 1 radical (unpaired) electrons. The van der Waals surface area contributed by atoms with Gasteiger partial charge in [0.25, 0.3) is 0 Å². The van der Waals surface area contributed by atoms with E-state index in [4.69, 9.17) is 4.74 Å². The number of rotatable bonds is 5. The molecule has 0 saturated heterocycles. The summed E-state index contributed by atoms with van der Waals surface area (Å²) in [5.74, 6) is 0.845. The zero-order valence-corrected chi connectivity index (χ0v) is 14.6. The van der Waals surface area contributed by atoms with Gasteiger partial charge >= 0.3 is 0 Å². The molecular weight excluding hydrogens is 323 g/mol. The fraction of sp³-hybridized carbons (Fsp3) is 0.176. The Balaban J connectivity index is 0.00000200. The third-order valence-corrected chi connectivity index (χ3v) is 2.92. The van der Waals surface area contributed by atoms with E-state index in [0.717, 1.165) is 29.3 Å². The second kappa shape index (κ2) is 8.23. The van der Waals surface area contributed by atoms with Crippen molar-refractivity contribution in [2.45, 2.75) is 6.92 Å². The van der Waals surface area contributed by atoms with Crippen molar-refractivity contribution < 1.29 is 37.4 Å². The molecule has 1 aliphatic heterocycles. The van der Waals surface area contributed by atoms with Crippen LogP contribution in [0.5, 0.6) is 5.75 Å². The summed E-state index contributed by atoms with van der Waals surface area (Å²) in [6.45, 7) is 11.2. The number of benzene rings is 1. The van der Waals surface area contributed by atoms with Crippen molar-refractivity contribution in [3.63, 3.8) is 0 Å². The van der Waals surface area contributed by atoms with Gasteiger partial charge in [-0.25, -0.2) is 0 Å². The third-order valence-electron chi connectivity index (χ3n) is 2.92. The minimum absolute atomic E-state index is 0. The number of likely N-dealkylation sites (N-methyl/N-ethyl adjacent to an activating group) is 1. The first kappa shape index (κ1) is 16.9. The zero-order valence-electron chi connectivity index (χ0n) is 11.8. The number of hydrogen-bond donors (Lipinski definition) is 0. The molecule has 0 unspecified atom stereocenters. The minimum Gasteiger partial charge on any atom is -0.490 e. The van der Waals surface area contributed by atoms with E-state index in [1.54, 1.807) is 6.08 Å². The maximum atomic E-state index is 5.48. The number of allylic oxidation sites excluding steroid dienone is 3. The third kappa shape index (κ3) is 3.94. The van der Waals surface area contributed by atoms with Crippen molar-refractivity contribution in [1.82, 2.24) is 4.90 Å². The van der Waals surface area contributed by atoms with Crippen LogP contribution >= 0.6 is 0 Å². The average Bonchev–Trinajstić information content (AvgIpc) is 2.45. The largest absolute Gasteiger partial charge is 0.490 e. The fourth-order valence-corrected chi connectivity index (χ4v) is 1.99. The predicted octanol–water partition coefficient (Wildman–Crippen LogP) is 3.80. The molecule has 0 fully saturated rings. The molecule has 3 heteroatoms. The molecule has 0 bridgehead atoms. The maximum Gasteiger partial charge on any atom is 0.117 e. The molecular formula is C17H18NOY-. The molecule has 1 aliphatic rings. The summed E-state index contributed by atoms with van der Waals surface area (Å²) in [6, 6.07) is 8.00. The van der Waals surface area contributed by atoms with Gasteiger partial charge in [-0.05, 0) is 24.8 Å². The van der Waals surface area contributed by atoms with Gasteiger partial charge in [0.05, 0.1) is 0 Å². The summed E-state index contributed by atoms with van der Waals surface area (Å²) in [6.07, 6.45) is 8.88. The molecule has 0 amide bonds. The summed E-state index contributed by atoms with van der Waals surface area (Å²) in [5.41, 5.74) is 3.15. The van der Waals surface area contributed by atoms with Crippen molar-refractivity contribution in [3.05, 3.63) is 73.0 Å². The first-order valence-electron chi connectivity index (χ1n) is 6.37. The summed E-state index contributed by atoms with van der Waals surface area (Å²) in [7, 11) is 0. The van der Waals surface area contributed by atoms with Crippen LogP contribution in [-0.4, -0.2) is 18.1 Å². The molecule has 0 atom stereocenters. The molecule has 0 aliphatic carbocycles. The van der Waals surface area contributed by atoms with Crippen LogP contribution in [-0.2, 0) is 32.7 Å². The monoisotopic (exact) mass is 341 g/mol. The van der Waals surface area contributed by atoms with Crippen molar-refractivity contribution in [1.29, 1.82) is 0 Å². The van der Waals surface area contributed by atoms with E-state index in [1.807, 2.05) is 36.4 Å². The molecule has 101 valence electrons. The van der Waals surface area contributed by atoms with Gasteiger partial charge < -0.3 is 9.64 Å². The van der Waals surface area contributed by atoms with Crippen LogP contribution in [0.2, 0.25) is 0 Å². The van der Waals surface area contributed by atoms with Crippen LogP contribution in [0.4, 0.5) is 0 Å². The van der Waals surface area contributed by atoms with Gasteiger partial charge in [0.2, 0.25) is 0 Å². The molecule has 2 nitrogen and oxygen atoms in total. The van der Waals surface area contributed by atoms with Crippen molar-refractivity contribution in [2.24, 2.45) is 0 Å². The molecule has 1 heterocycles. The number of hydrogen-bond acceptors (Lipinski definition) is 2. The van der Waals surface area contributed by atoms with E-state index in [1.165, 1.54) is 0 Å². The van der Waals surface area contributed by atoms with Crippen LogP contribution < -0.4 is 4.74 Å². The Morgan fingerprint density at radius 3 is 2.60 bits per heavy atom. The number of ether oxygens (including phenoxy) is 1. The van der Waals surface area contributed by atoms with Crippen LogP contribution in [0.3, 0.4) is 0 Å². The molecule has 20 heavy (non-hydrogen) atoms. The van der Waals surface area contributed by atoms with E-state index in [0.29, 0.717) is 6.61 Å². The average molecular weight is 341 g/mol. The zero-order chi connectivity index (χ0) is 13.7. The summed E-state index contributed by atoms with van der Waals surface area (Å²) in [5, 5.41) is 0. The Morgan fingerprint density at radius 1 is 1.30 bits per heavy atom. The van der Waals surface area contributed by atoms with Crippen LogP contribution in [0.1, 0.15) is 12.5 Å². The van der Waals surface area contributed by atoms with Gasteiger partial charge in [0, 0.05) is 39.3 Å². The standard InChI is InChI=1S/C17H18NO.Y/c1-4-13-19-16-11-9-15(10-12-16)17-8-6-7-14(3)18(17)5-2;/h4,6-7,9-12H,1,3,5,13H2,2H3;/q-1;. The van der Waals surface area contributed by atoms with Gasteiger partial charge in [-0.15, -0.1) is 18.2 Å². The molecule has 0 saturated carbocycles. The van der Waals surface area contributed by atoms with Gasteiger partial charge in [0.1, 0.15) is 12.4 Å². The Morgan fingerprint density at radius 2 is 2.00 bits per heavy atom. The minimum atomic E-state index is 0. The van der Waals surface area contributed by atoms with E-state index < -0.39 is 0 Å². The molecule has 0 N–H and O–H groups in total. The van der Waals surface area contributed by atoms with Gasteiger partial charge in [-0.1, -0.05) is 30.5 Å². The van der Waals surface area contributed by atoms with E-state index in [9.17, 15) is 0 Å². The molecule has 1 aromatic carbocycles. The van der Waals surface area contributed by atoms with Crippen molar-refractivity contribution >= 4 is 5.70 Å². The van der Waals surface area contributed by atoms with Gasteiger partial charge in [-0.2, -0.15) is 12.2 Å². The van der Waals surface area contributed by atoms with Gasteiger partial charge in [0.15, 0.2) is 0 Å². The SMILES string of the molecule is C=CCOc1ccc(C2=[C-]C=CC(=C)N2CC)cc1.[Y]. The van der Waals surface area contributed by atoms with Gasteiger partial charge in [-0.3, -0.25) is 0 Å². The smallest absolute Gasteiger partial charge is 0.117 e. The quantitative estimate of drug-likeness (QED) is 0.597. The number of nitrogens with zero attached hydrogens (tertiary/aromatic N) is 1. The van der Waals surface area contributed by atoms with Crippen LogP contribution in [0.15, 0.2) is 61.3 Å². The maximum absolute atomic E-state index is 5.48. The van der Waals surface area contributed by atoms with E-state index >= 15 is 0 Å². The van der Waals surface area contributed by atoms with Crippen LogP contribution in [0.25, 0.3) is 5.70 Å². The van der Waals surface area contributed by atoms with E-state index in [-0.39, 0.29) is 32.7 Å². The Hall–Kier alpha value is -1.12.